The van der Waals surface area contributed by atoms with Crippen LogP contribution in [0, 0.1) is 17.8 Å². The van der Waals surface area contributed by atoms with Gasteiger partial charge in [0.15, 0.2) is 0 Å². The van der Waals surface area contributed by atoms with Crippen LogP contribution in [0.2, 0.25) is 0 Å². The summed E-state index contributed by atoms with van der Waals surface area (Å²) >= 11 is 3.66. The van der Waals surface area contributed by atoms with Crippen molar-refractivity contribution < 1.29 is 4.74 Å². The Morgan fingerprint density at radius 2 is 1.95 bits per heavy atom. The Morgan fingerprint density at radius 1 is 1.24 bits per heavy atom. The predicted octanol–water partition coefficient (Wildman–Crippen LogP) is 4.93. The fraction of sp³-hybridized carbons (Fsp3) is 0.667. The van der Waals surface area contributed by atoms with E-state index >= 15 is 0 Å². The third kappa shape index (κ3) is 3.14. The highest BCUT2D eigenvalue weighted by Crippen LogP contribution is 2.60. The molecule has 3 rings (SSSR count). The number of hydrogen-bond acceptors (Lipinski definition) is 2. The van der Waals surface area contributed by atoms with Gasteiger partial charge in [-0.1, -0.05) is 25.8 Å². The van der Waals surface area contributed by atoms with Crippen molar-refractivity contribution in [3.63, 3.8) is 0 Å². The van der Waals surface area contributed by atoms with Gasteiger partial charge in [0.05, 0.1) is 11.1 Å². The van der Waals surface area contributed by atoms with Gasteiger partial charge >= 0.3 is 0 Å². The van der Waals surface area contributed by atoms with E-state index in [0.717, 1.165) is 34.5 Å². The van der Waals surface area contributed by atoms with Gasteiger partial charge in [-0.05, 0) is 77.7 Å². The van der Waals surface area contributed by atoms with Gasteiger partial charge in [0.2, 0.25) is 0 Å². The second kappa shape index (κ2) is 6.70. The van der Waals surface area contributed by atoms with Crippen molar-refractivity contribution in [3.05, 3.63) is 28.2 Å². The van der Waals surface area contributed by atoms with Crippen molar-refractivity contribution in [3.8, 4) is 5.75 Å². The Morgan fingerprint density at radius 3 is 2.52 bits per heavy atom. The summed E-state index contributed by atoms with van der Waals surface area (Å²) < 4.78 is 6.71. The normalized spacial score (nSPS) is 28.8. The number of ether oxygens (including phenoxy) is 1. The van der Waals surface area contributed by atoms with Crippen LogP contribution in [-0.2, 0) is 0 Å². The van der Waals surface area contributed by atoms with Crippen LogP contribution in [0.4, 0.5) is 0 Å². The molecule has 2 saturated carbocycles. The maximum Gasteiger partial charge on any atom is 0.133 e. The molecule has 3 atom stereocenters. The molecule has 0 spiro atoms. The fourth-order valence-corrected chi connectivity index (χ4v) is 4.73. The van der Waals surface area contributed by atoms with Gasteiger partial charge in [-0.25, -0.2) is 0 Å². The van der Waals surface area contributed by atoms with E-state index in [4.69, 9.17) is 4.74 Å². The molecule has 2 nitrogen and oxygen atoms in total. The van der Waals surface area contributed by atoms with E-state index in [-0.39, 0.29) is 0 Å². The molecule has 3 heteroatoms. The molecule has 0 bridgehead atoms. The molecule has 21 heavy (non-hydrogen) atoms. The van der Waals surface area contributed by atoms with Crippen LogP contribution in [0.25, 0.3) is 0 Å². The molecule has 1 aromatic carbocycles. The number of rotatable bonds is 6. The van der Waals surface area contributed by atoms with Crippen molar-refractivity contribution in [1.82, 2.24) is 5.32 Å². The van der Waals surface area contributed by atoms with Crippen LogP contribution in [0.5, 0.6) is 5.75 Å². The Bertz CT molecular complexity index is 478. The summed E-state index contributed by atoms with van der Waals surface area (Å²) in [4.78, 5) is 0. The van der Waals surface area contributed by atoms with Gasteiger partial charge in [-0.15, -0.1) is 0 Å². The Kier molecular flexibility index (Phi) is 4.90. The SMILES string of the molecule is CCNC(c1ccc(OCC)c(Br)c1)C1C2CCCCC21. The maximum atomic E-state index is 5.63. The lowest BCUT2D eigenvalue weighted by molar-refractivity contribution is 0.337. The van der Waals surface area contributed by atoms with Gasteiger partial charge in [-0.3, -0.25) is 0 Å². The minimum absolute atomic E-state index is 0.509. The average Bonchev–Trinajstić information content (AvgIpc) is 3.21. The molecule has 0 aliphatic heterocycles. The first-order valence-electron chi connectivity index (χ1n) is 8.41. The highest BCUT2D eigenvalue weighted by molar-refractivity contribution is 9.10. The van der Waals surface area contributed by atoms with Crippen LogP contribution < -0.4 is 10.1 Å². The molecule has 1 aromatic rings. The van der Waals surface area contributed by atoms with Crippen LogP contribution in [0.15, 0.2) is 22.7 Å². The number of benzene rings is 1. The smallest absolute Gasteiger partial charge is 0.133 e. The van der Waals surface area contributed by atoms with Crippen molar-refractivity contribution in [2.24, 2.45) is 17.8 Å². The summed E-state index contributed by atoms with van der Waals surface area (Å²) in [5, 5.41) is 3.73. The second-order valence-electron chi connectivity index (χ2n) is 6.35. The largest absolute Gasteiger partial charge is 0.493 e. The van der Waals surface area contributed by atoms with Crippen LogP contribution >= 0.6 is 15.9 Å². The topological polar surface area (TPSA) is 21.3 Å². The molecule has 0 amide bonds. The lowest BCUT2D eigenvalue weighted by atomic mass is 9.99. The summed E-state index contributed by atoms with van der Waals surface area (Å²) in [6.07, 6.45) is 5.75. The summed E-state index contributed by atoms with van der Waals surface area (Å²) in [6.45, 7) is 5.98. The first-order chi connectivity index (χ1) is 10.3. The van der Waals surface area contributed by atoms with E-state index < -0.39 is 0 Å². The molecular formula is C18H26BrNO. The van der Waals surface area contributed by atoms with E-state index in [9.17, 15) is 0 Å². The van der Waals surface area contributed by atoms with Gasteiger partial charge in [-0.2, -0.15) is 0 Å². The van der Waals surface area contributed by atoms with E-state index in [0.29, 0.717) is 12.6 Å². The number of hydrogen-bond donors (Lipinski definition) is 1. The zero-order chi connectivity index (χ0) is 14.8. The fourth-order valence-electron chi connectivity index (χ4n) is 4.22. The molecular weight excluding hydrogens is 326 g/mol. The van der Waals surface area contributed by atoms with E-state index in [2.05, 4.69) is 46.4 Å². The lowest BCUT2D eigenvalue weighted by Gasteiger charge is -2.20. The Balaban J connectivity index is 1.79. The summed E-state index contributed by atoms with van der Waals surface area (Å²) in [7, 11) is 0. The minimum Gasteiger partial charge on any atom is -0.493 e. The average molecular weight is 352 g/mol. The zero-order valence-corrected chi connectivity index (χ0v) is 14.7. The monoisotopic (exact) mass is 351 g/mol. The molecule has 0 aromatic heterocycles. The van der Waals surface area contributed by atoms with Crippen LogP contribution in [0.1, 0.15) is 51.1 Å². The molecule has 2 fully saturated rings. The molecule has 0 radical (unpaired) electrons. The first kappa shape index (κ1) is 15.4. The summed E-state index contributed by atoms with van der Waals surface area (Å²) in [5.41, 5.74) is 1.41. The highest BCUT2D eigenvalue weighted by atomic mass is 79.9. The third-order valence-electron chi connectivity index (χ3n) is 5.15. The van der Waals surface area contributed by atoms with Crippen molar-refractivity contribution >= 4 is 15.9 Å². The quantitative estimate of drug-likeness (QED) is 0.783. The minimum atomic E-state index is 0.509. The van der Waals surface area contributed by atoms with Crippen LogP contribution in [-0.4, -0.2) is 13.2 Å². The molecule has 2 aliphatic rings. The van der Waals surface area contributed by atoms with Gasteiger partial charge in [0.1, 0.15) is 5.75 Å². The Hall–Kier alpha value is -0.540. The number of fused-ring (bicyclic) bond motifs is 1. The molecule has 3 unspecified atom stereocenters. The van der Waals surface area contributed by atoms with Gasteiger partial charge < -0.3 is 10.1 Å². The van der Waals surface area contributed by atoms with Gasteiger partial charge in [0.25, 0.3) is 0 Å². The van der Waals surface area contributed by atoms with E-state index in [1.165, 1.54) is 31.2 Å². The van der Waals surface area contributed by atoms with Crippen molar-refractivity contribution in [2.45, 2.75) is 45.6 Å². The summed E-state index contributed by atoms with van der Waals surface area (Å²) in [6, 6.07) is 7.12. The molecule has 0 heterocycles. The maximum absolute atomic E-state index is 5.63. The standard InChI is InChI=1S/C18H26BrNO/c1-3-20-18(17-13-7-5-6-8-14(13)17)12-9-10-16(21-4-2)15(19)11-12/h9-11,13-14,17-18,20H,3-8H2,1-2H3. The molecule has 116 valence electrons. The highest BCUT2D eigenvalue weighted by Gasteiger charge is 2.54. The van der Waals surface area contributed by atoms with Crippen molar-refractivity contribution in [2.75, 3.05) is 13.2 Å². The van der Waals surface area contributed by atoms with Crippen LogP contribution in [0.3, 0.4) is 0 Å². The molecule has 0 saturated heterocycles. The summed E-state index contributed by atoms with van der Waals surface area (Å²) in [5.74, 6) is 3.73. The van der Waals surface area contributed by atoms with Gasteiger partial charge in [0, 0.05) is 6.04 Å². The number of nitrogens with one attached hydrogen (secondary N) is 1. The van der Waals surface area contributed by atoms with Crippen molar-refractivity contribution in [1.29, 1.82) is 0 Å². The molecule has 1 N–H and O–H groups in total. The van der Waals surface area contributed by atoms with E-state index in [1.807, 2.05) is 6.92 Å². The Labute approximate surface area is 136 Å². The lowest BCUT2D eigenvalue weighted by Crippen LogP contribution is -2.24. The zero-order valence-electron chi connectivity index (χ0n) is 13.1. The number of halogens is 1. The molecule has 2 aliphatic carbocycles. The first-order valence-corrected chi connectivity index (χ1v) is 9.21. The second-order valence-corrected chi connectivity index (χ2v) is 7.20. The van der Waals surface area contributed by atoms with E-state index in [1.54, 1.807) is 0 Å². The third-order valence-corrected chi connectivity index (χ3v) is 5.77. The predicted molar refractivity (Wildman–Crippen MR) is 90.7 cm³/mol.